The Morgan fingerprint density at radius 2 is 0.849 bits per heavy atom. The highest BCUT2D eigenvalue weighted by atomic mass is 28.4. The zero-order valence-corrected chi connectivity index (χ0v) is 35.4. The van der Waals surface area contributed by atoms with Crippen LogP contribution < -0.4 is 10.4 Å². The second-order valence-corrected chi connectivity index (χ2v) is 23.3. The fourth-order valence-electron chi connectivity index (χ4n) is 5.66. The highest BCUT2D eigenvalue weighted by molar-refractivity contribution is 6.99. The van der Waals surface area contributed by atoms with Crippen LogP contribution in [-0.4, -0.2) is 69.5 Å². The molecule has 0 amide bonds. The van der Waals surface area contributed by atoms with E-state index in [1.54, 1.807) is 83.1 Å². The normalized spacial score (nSPS) is 21.7. The topological polar surface area (TPSA) is 124 Å². The van der Waals surface area contributed by atoms with Gasteiger partial charge in [-0.05, 0) is 98.5 Å². The third kappa shape index (κ3) is 10.6. The minimum Gasteiger partial charge on any atom is -0.455 e. The summed E-state index contributed by atoms with van der Waals surface area (Å²) in [5.74, 6) is -2.56. The summed E-state index contributed by atoms with van der Waals surface area (Å²) in [5, 5.41) is 1.57. The number of carbonyl (C=O) groups excluding carboxylic acids is 4. The van der Waals surface area contributed by atoms with Gasteiger partial charge in [0.15, 0.2) is 12.2 Å². The van der Waals surface area contributed by atoms with Crippen molar-refractivity contribution in [1.82, 2.24) is 0 Å². The predicted molar refractivity (Wildman–Crippen MR) is 206 cm³/mol. The van der Waals surface area contributed by atoms with Crippen molar-refractivity contribution in [3.8, 4) is 0 Å². The van der Waals surface area contributed by atoms with Crippen LogP contribution in [0.3, 0.4) is 0 Å². The molecule has 10 nitrogen and oxygen atoms in total. The first-order valence-electron chi connectivity index (χ1n) is 18.4. The number of rotatable bonds is 9. The average Bonchev–Trinajstić information content (AvgIpc) is 3.02. The van der Waals surface area contributed by atoms with Crippen molar-refractivity contribution in [2.24, 2.45) is 21.7 Å². The van der Waals surface area contributed by atoms with E-state index in [4.69, 9.17) is 28.1 Å². The molecule has 1 heterocycles. The van der Waals surface area contributed by atoms with E-state index < -0.39 is 89.6 Å². The van der Waals surface area contributed by atoms with E-state index in [0.29, 0.717) is 0 Å². The molecule has 0 aliphatic carbocycles. The molecule has 1 aliphatic heterocycles. The molecule has 1 aliphatic rings. The molecule has 0 aromatic heterocycles. The maximum atomic E-state index is 13.7. The Bertz CT molecular complexity index is 1530. The van der Waals surface area contributed by atoms with Gasteiger partial charge in [-0.2, -0.15) is 0 Å². The summed E-state index contributed by atoms with van der Waals surface area (Å²) in [6.45, 7) is 26.4. The number of benzene rings is 2. The van der Waals surface area contributed by atoms with Crippen molar-refractivity contribution in [1.29, 1.82) is 0 Å². The van der Waals surface area contributed by atoms with Crippen molar-refractivity contribution in [2.45, 2.75) is 140 Å². The minimum absolute atomic E-state index is 0.164. The summed E-state index contributed by atoms with van der Waals surface area (Å²) in [4.78, 5) is 54.5. The minimum atomic E-state index is -3.20. The summed E-state index contributed by atoms with van der Waals surface area (Å²) < 4.78 is 38.3. The molecule has 2 aromatic carbocycles. The molecule has 0 saturated carbocycles. The first-order chi connectivity index (χ1) is 24.1. The summed E-state index contributed by atoms with van der Waals surface area (Å²) >= 11 is 0. The van der Waals surface area contributed by atoms with Gasteiger partial charge in [0.05, 0.1) is 28.3 Å². The first-order valence-corrected chi connectivity index (χ1v) is 20.3. The third-order valence-electron chi connectivity index (χ3n) is 8.87. The summed E-state index contributed by atoms with van der Waals surface area (Å²) in [6.07, 6.45) is -6.99. The quantitative estimate of drug-likeness (QED) is 0.154. The molecule has 294 valence electrons. The molecule has 0 spiro atoms. The van der Waals surface area contributed by atoms with Crippen molar-refractivity contribution in [3.05, 3.63) is 60.7 Å². The van der Waals surface area contributed by atoms with E-state index in [1.807, 2.05) is 60.7 Å². The lowest BCUT2D eigenvalue weighted by Crippen LogP contribution is -2.69. The smallest absolute Gasteiger partial charge is 0.313 e. The molecule has 11 heteroatoms. The van der Waals surface area contributed by atoms with Gasteiger partial charge in [0.25, 0.3) is 8.32 Å². The van der Waals surface area contributed by atoms with E-state index in [1.165, 1.54) is 0 Å². The van der Waals surface area contributed by atoms with E-state index in [2.05, 4.69) is 20.8 Å². The van der Waals surface area contributed by atoms with Crippen LogP contribution in [0.15, 0.2) is 60.7 Å². The van der Waals surface area contributed by atoms with Crippen LogP contribution in [0.5, 0.6) is 0 Å². The largest absolute Gasteiger partial charge is 0.455 e. The number of carbonyl (C=O) groups is 4. The van der Waals surface area contributed by atoms with Gasteiger partial charge in [0, 0.05) is 0 Å². The van der Waals surface area contributed by atoms with Crippen LogP contribution >= 0.6 is 0 Å². The molecule has 0 N–H and O–H groups in total. The molecule has 2 unspecified atom stereocenters. The van der Waals surface area contributed by atoms with Crippen LogP contribution in [0.4, 0.5) is 0 Å². The van der Waals surface area contributed by atoms with Gasteiger partial charge in [-0.25, -0.2) is 0 Å². The SMILES string of the molecule is CC(C)(C)C(=O)OC1[C@H](OC(=O)C(C)(C)C)OC(CO[Si](c2ccccc2)(c2ccccc2)C(C)(C)C)[C@@H](OC(=O)C(C)(C)C)[C@H]1OC(=O)C(C)(C)C. The number of hydrogen-bond donors (Lipinski definition) is 0. The summed E-state index contributed by atoms with van der Waals surface area (Å²) in [7, 11) is -3.20. The summed E-state index contributed by atoms with van der Waals surface area (Å²) in [6, 6.07) is 20.0. The predicted octanol–water partition coefficient (Wildman–Crippen LogP) is 6.75. The van der Waals surface area contributed by atoms with Gasteiger partial charge < -0.3 is 28.1 Å². The molecule has 1 fully saturated rings. The maximum Gasteiger partial charge on any atom is 0.313 e. The zero-order valence-electron chi connectivity index (χ0n) is 34.4. The lowest BCUT2D eigenvalue weighted by molar-refractivity contribution is -0.305. The van der Waals surface area contributed by atoms with Gasteiger partial charge in [-0.15, -0.1) is 0 Å². The van der Waals surface area contributed by atoms with Gasteiger partial charge in [-0.1, -0.05) is 81.4 Å². The van der Waals surface area contributed by atoms with Crippen LogP contribution in [-0.2, 0) is 47.3 Å². The second kappa shape index (κ2) is 16.1. The van der Waals surface area contributed by atoms with Gasteiger partial charge in [0.2, 0.25) is 12.4 Å². The van der Waals surface area contributed by atoms with Crippen molar-refractivity contribution < 1.29 is 47.3 Å². The summed E-state index contributed by atoms with van der Waals surface area (Å²) in [5.41, 5.74) is -3.96. The highest BCUT2D eigenvalue weighted by Crippen LogP contribution is 2.39. The lowest BCUT2D eigenvalue weighted by atomic mass is 9.93. The van der Waals surface area contributed by atoms with E-state index in [-0.39, 0.29) is 6.61 Å². The van der Waals surface area contributed by atoms with Gasteiger partial charge >= 0.3 is 23.9 Å². The average molecular weight is 755 g/mol. The third-order valence-corrected chi connectivity index (χ3v) is 13.9. The van der Waals surface area contributed by atoms with Crippen molar-refractivity contribution in [2.75, 3.05) is 6.61 Å². The second-order valence-electron chi connectivity index (χ2n) is 19.0. The van der Waals surface area contributed by atoms with E-state index >= 15 is 0 Å². The first kappa shape index (κ1) is 43.9. The Kier molecular flexibility index (Phi) is 13.3. The molecule has 3 rings (SSSR count). The lowest BCUT2D eigenvalue weighted by Gasteiger charge is -2.48. The Morgan fingerprint density at radius 3 is 1.21 bits per heavy atom. The molecular weight excluding hydrogens is 693 g/mol. The number of ether oxygens (including phenoxy) is 5. The Labute approximate surface area is 317 Å². The zero-order chi connectivity index (χ0) is 40.4. The van der Waals surface area contributed by atoms with Crippen LogP contribution in [0.2, 0.25) is 5.04 Å². The molecule has 1 saturated heterocycles. The molecule has 0 bridgehead atoms. The standard InChI is InChI=1S/C42H62O10Si/c1-38(2,3)34(43)49-30-29(26-47-53(42(13,14)15,27-22-18-16-19-23-27)28-24-20-17-21-25-28)48-33(52-37(46)41(10,11)12)32(51-36(45)40(7,8)9)31(30)50-35(44)39(4,5)6/h16-25,29-33H,26H2,1-15H3/t29?,30-,31-,32?,33+/m1/s1. The molecular formula is C42H62O10Si. The maximum absolute atomic E-state index is 13.7. The van der Waals surface area contributed by atoms with Crippen molar-refractivity contribution >= 4 is 42.6 Å². The number of esters is 4. The molecule has 53 heavy (non-hydrogen) atoms. The van der Waals surface area contributed by atoms with Gasteiger partial charge in [0.1, 0.15) is 6.10 Å². The number of hydrogen-bond acceptors (Lipinski definition) is 10. The van der Waals surface area contributed by atoms with Gasteiger partial charge in [-0.3, -0.25) is 19.2 Å². The van der Waals surface area contributed by atoms with Crippen LogP contribution in [0.25, 0.3) is 0 Å². The molecule has 5 atom stereocenters. The highest BCUT2D eigenvalue weighted by Gasteiger charge is 2.58. The van der Waals surface area contributed by atoms with Crippen LogP contribution in [0, 0.1) is 21.7 Å². The van der Waals surface area contributed by atoms with E-state index in [0.717, 1.165) is 10.4 Å². The monoisotopic (exact) mass is 754 g/mol. The van der Waals surface area contributed by atoms with Crippen LogP contribution in [0.1, 0.15) is 104 Å². The van der Waals surface area contributed by atoms with Crippen molar-refractivity contribution in [3.63, 3.8) is 0 Å². The fraction of sp³-hybridized carbons (Fsp3) is 0.619. The fourth-order valence-corrected chi connectivity index (χ4v) is 10.2. The Morgan fingerprint density at radius 1 is 0.509 bits per heavy atom. The molecule has 2 aromatic rings. The van der Waals surface area contributed by atoms with E-state index in [9.17, 15) is 19.2 Å². The Balaban J connectivity index is 2.31. The molecule has 0 radical (unpaired) electrons. The Hall–Kier alpha value is -3.54.